The molecule has 0 N–H and O–H groups in total. The van der Waals surface area contributed by atoms with Crippen molar-refractivity contribution in [1.29, 1.82) is 0 Å². The Balaban J connectivity index is 0. The van der Waals surface area contributed by atoms with Crippen LogP contribution in [0.25, 0.3) is 0 Å². The van der Waals surface area contributed by atoms with Crippen molar-refractivity contribution in [2.75, 3.05) is 0 Å². The first-order valence-corrected chi connectivity index (χ1v) is 0. The van der Waals surface area contributed by atoms with Gasteiger partial charge in [0.1, 0.15) is 0 Å². The Kier molecular flexibility index (Phi) is 119. The predicted molar refractivity (Wildman–Crippen MR) is 11.5 cm³/mol. The van der Waals surface area contributed by atoms with E-state index in [4.69, 9.17) is 0 Å². The zero-order valence-electron chi connectivity index (χ0n) is 2.08. The van der Waals surface area contributed by atoms with Gasteiger partial charge in [0.2, 0.25) is 0 Å². The Bertz CT molecular complexity index is 8.00. The first kappa shape index (κ1) is 28.4. The molecule has 0 saturated carbocycles. The molecule has 0 aromatic rings. The molecule has 15 valence electrons. The van der Waals surface area contributed by atoms with E-state index in [1.165, 1.54) is 0 Å². The number of hydrogen-bond acceptors (Lipinski definition) is 0. The number of rotatable bonds is 0. The van der Waals surface area contributed by atoms with Gasteiger partial charge in [0.15, 0.2) is 0 Å². The molecule has 0 spiro atoms. The molecule has 0 aliphatic rings. The maximum Gasteiger partial charge on any atom is 0 e. The van der Waals surface area contributed by atoms with Crippen molar-refractivity contribution in [3.8, 4) is 0 Å². The second-order valence-corrected chi connectivity index (χ2v) is 0. The maximum atomic E-state index is 0. The van der Waals surface area contributed by atoms with Gasteiger partial charge in [-0.25, -0.2) is 0 Å². The molecule has 0 atom stereocenters. The summed E-state index contributed by atoms with van der Waals surface area (Å²) in [6, 6.07) is 0. The third-order valence-electron chi connectivity index (χ3n) is 0. The fourth-order valence-electron chi connectivity index (χ4n) is 0. The minimum absolute atomic E-state index is 0. The number of hydrogen-bond donors (Lipinski definition) is 0. The maximum absolute atomic E-state index is 0. The van der Waals surface area contributed by atoms with Gasteiger partial charge in [0.05, 0.1) is 0 Å². The minimum atomic E-state index is 0. The van der Waals surface area contributed by atoms with Crippen molar-refractivity contribution in [3.05, 3.63) is 0 Å². The predicted octanol–water partition coefficient (Wildman–Crippen LogP) is -0.767. The average molecular weight is 285 g/mol. The van der Waals surface area contributed by atoms with Crippen LogP contribution in [-0.4, -0.2) is 41.3 Å². The molecular formula is AlSnTiZr. The first-order valence-electron chi connectivity index (χ1n) is 0. The Morgan fingerprint density at radius 1 is 1.00 bits per heavy atom. The molecule has 0 nitrogen and oxygen atoms in total. The molecule has 0 unspecified atom stereocenters. The van der Waals surface area contributed by atoms with Gasteiger partial charge in [-0.3, -0.25) is 0 Å². The van der Waals surface area contributed by atoms with Crippen LogP contribution in [-0.2, 0) is 47.9 Å². The van der Waals surface area contributed by atoms with Crippen LogP contribution in [0.5, 0.6) is 0 Å². The summed E-state index contributed by atoms with van der Waals surface area (Å²) in [6.07, 6.45) is 0. The summed E-state index contributed by atoms with van der Waals surface area (Å²) in [4.78, 5) is 0. The summed E-state index contributed by atoms with van der Waals surface area (Å²) in [7, 11) is 0. The van der Waals surface area contributed by atoms with Crippen molar-refractivity contribution < 1.29 is 47.9 Å². The van der Waals surface area contributed by atoms with E-state index < -0.39 is 0 Å². The summed E-state index contributed by atoms with van der Waals surface area (Å²) >= 11 is 0. The van der Waals surface area contributed by atoms with E-state index in [0.717, 1.165) is 0 Å². The molecule has 0 fully saturated rings. The van der Waals surface area contributed by atoms with Crippen LogP contribution in [0, 0.1) is 0 Å². The molecule has 0 amide bonds. The first-order chi connectivity index (χ1) is 0. The molecule has 0 rings (SSSR count). The minimum Gasteiger partial charge on any atom is 0 e. The normalized spacial score (nSPS) is 0. The Labute approximate surface area is 87.6 Å². The quantitative estimate of drug-likeness (QED) is 0.513. The van der Waals surface area contributed by atoms with Gasteiger partial charge < -0.3 is 0 Å². The van der Waals surface area contributed by atoms with Gasteiger partial charge in [0, 0.05) is 89.2 Å². The zero-order chi connectivity index (χ0) is 0. The van der Waals surface area contributed by atoms with E-state index in [1.807, 2.05) is 0 Å². The summed E-state index contributed by atoms with van der Waals surface area (Å²) in [5.41, 5.74) is 0. The van der Waals surface area contributed by atoms with Gasteiger partial charge in [-0.2, -0.15) is 0 Å². The van der Waals surface area contributed by atoms with Crippen LogP contribution in [0.15, 0.2) is 0 Å². The molecule has 4 heavy (non-hydrogen) atoms. The molecule has 0 aliphatic carbocycles. The van der Waals surface area contributed by atoms with Crippen LogP contribution in [0.1, 0.15) is 0 Å². The SMILES string of the molecule is [Al].[Sn].[Ti].[Zr]. The fourth-order valence-corrected chi connectivity index (χ4v) is 0. The smallest absolute Gasteiger partial charge is 0 e. The molecule has 0 aromatic carbocycles. The summed E-state index contributed by atoms with van der Waals surface area (Å²) in [5.74, 6) is 0. The standard InChI is InChI=1S/Al.Sn.Ti.Zr. The Morgan fingerprint density at radius 3 is 1.00 bits per heavy atom. The van der Waals surface area contributed by atoms with E-state index in [1.54, 1.807) is 0 Å². The van der Waals surface area contributed by atoms with Gasteiger partial charge in [-0.1, -0.05) is 0 Å². The van der Waals surface area contributed by atoms with Gasteiger partial charge in [-0.05, 0) is 0 Å². The van der Waals surface area contributed by atoms with E-state index in [0.29, 0.717) is 0 Å². The molecular weight excluding hydrogens is 285 g/mol. The molecule has 0 saturated heterocycles. The van der Waals surface area contributed by atoms with Crippen LogP contribution in [0.4, 0.5) is 0 Å². The molecule has 4 heteroatoms. The molecule has 7 radical (unpaired) electrons. The molecule has 0 bridgehead atoms. The summed E-state index contributed by atoms with van der Waals surface area (Å²) in [5, 5.41) is 0. The third kappa shape index (κ3) is 8.87. The van der Waals surface area contributed by atoms with Gasteiger partial charge in [0.25, 0.3) is 0 Å². The summed E-state index contributed by atoms with van der Waals surface area (Å²) < 4.78 is 0. The van der Waals surface area contributed by atoms with E-state index in [2.05, 4.69) is 0 Å². The summed E-state index contributed by atoms with van der Waals surface area (Å²) in [6.45, 7) is 0. The second-order valence-electron chi connectivity index (χ2n) is 0. The average Bonchev–Trinajstić information content (AvgIpc) is 0. The zero-order valence-corrected chi connectivity index (χ0v) is 10.1. The third-order valence-corrected chi connectivity index (χ3v) is 0. The molecule has 0 heterocycles. The topological polar surface area (TPSA) is 0 Å². The van der Waals surface area contributed by atoms with Crippen molar-refractivity contribution in [2.24, 2.45) is 0 Å². The van der Waals surface area contributed by atoms with E-state index in [-0.39, 0.29) is 89.2 Å². The van der Waals surface area contributed by atoms with Crippen molar-refractivity contribution in [1.82, 2.24) is 0 Å². The van der Waals surface area contributed by atoms with Gasteiger partial charge in [-0.15, -0.1) is 0 Å². The van der Waals surface area contributed by atoms with Crippen LogP contribution in [0.3, 0.4) is 0 Å². The van der Waals surface area contributed by atoms with E-state index >= 15 is 0 Å². The Hall–Kier alpha value is 2.93. The van der Waals surface area contributed by atoms with Crippen molar-refractivity contribution >= 4 is 41.3 Å². The largest absolute Gasteiger partial charge is 0 e. The van der Waals surface area contributed by atoms with Crippen LogP contribution in [0.2, 0.25) is 0 Å². The second kappa shape index (κ2) is 16.8. The van der Waals surface area contributed by atoms with Gasteiger partial charge >= 0.3 is 0 Å². The van der Waals surface area contributed by atoms with Crippen molar-refractivity contribution in [2.45, 2.75) is 0 Å². The monoisotopic (exact) mass is 285 g/mol. The fraction of sp³-hybridized carbons (Fsp3) is 0. The van der Waals surface area contributed by atoms with E-state index in [9.17, 15) is 0 Å². The Morgan fingerprint density at radius 2 is 1.00 bits per heavy atom. The van der Waals surface area contributed by atoms with Crippen LogP contribution >= 0.6 is 0 Å². The molecule has 0 aliphatic heterocycles. The van der Waals surface area contributed by atoms with Crippen LogP contribution < -0.4 is 0 Å². The molecule has 0 aromatic heterocycles. The van der Waals surface area contributed by atoms with Crippen molar-refractivity contribution in [3.63, 3.8) is 0 Å².